The van der Waals surface area contributed by atoms with Gasteiger partial charge in [-0.25, -0.2) is 4.98 Å². The molecule has 1 fully saturated rings. The Morgan fingerprint density at radius 3 is 3.05 bits per heavy atom. The van der Waals surface area contributed by atoms with Gasteiger partial charge in [0.15, 0.2) is 5.13 Å². The largest absolute Gasteiger partial charge is 0.378 e. The predicted octanol–water partition coefficient (Wildman–Crippen LogP) is 1.70. The van der Waals surface area contributed by atoms with Gasteiger partial charge in [0.1, 0.15) is 0 Å². The van der Waals surface area contributed by atoms with Crippen LogP contribution in [-0.2, 0) is 9.53 Å². The molecule has 1 aliphatic heterocycles. The number of carbonyl (C=O) groups excluding carboxylic acids is 1. The van der Waals surface area contributed by atoms with E-state index in [1.807, 2.05) is 19.2 Å². The minimum absolute atomic E-state index is 0.0497. The molecule has 0 aliphatic carbocycles. The van der Waals surface area contributed by atoms with Gasteiger partial charge in [-0.15, -0.1) is 11.3 Å². The number of aryl methyl sites for hydroxylation is 1. The predicted molar refractivity (Wildman–Crippen MR) is 76.4 cm³/mol. The van der Waals surface area contributed by atoms with Gasteiger partial charge in [-0.2, -0.15) is 0 Å². The Morgan fingerprint density at radius 2 is 2.47 bits per heavy atom. The highest BCUT2D eigenvalue weighted by Gasteiger charge is 2.25. The van der Waals surface area contributed by atoms with E-state index in [-0.39, 0.29) is 18.1 Å². The van der Waals surface area contributed by atoms with Crippen molar-refractivity contribution in [1.82, 2.24) is 4.98 Å². The molecular formula is C13H21N3O2S. The molecule has 0 bridgehead atoms. The average molecular weight is 283 g/mol. The zero-order valence-corrected chi connectivity index (χ0v) is 12.3. The normalized spacial score (nSPS) is 23.3. The summed E-state index contributed by atoms with van der Waals surface area (Å²) in [5.41, 5.74) is 6.86. The van der Waals surface area contributed by atoms with Crippen molar-refractivity contribution in [2.45, 2.75) is 45.3 Å². The number of carbonyl (C=O) groups is 1. The molecule has 2 N–H and O–H groups in total. The van der Waals surface area contributed by atoms with Crippen LogP contribution < -0.4 is 10.6 Å². The van der Waals surface area contributed by atoms with E-state index in [0.717, 1.165) is 23.7 Å². The minimum atomic E-state index is -0.0497. The molecule has 1 aliphatic rings. The van der Waals surface area contributed by atoms with Gasteiger partial charge < -0.3 is 10.5 Å². The molecule has 1 aromatic rings. The van der Waals surface area contributed by atoms with Crippen molar-refractivity contribution in [3.8, 4) is 0 Å². The van der Waals surface area contributed by atoms with Gasteiger partial charge in [0, 0.05) is 24.6 Å². The summed E-state index contributed by atoms with van der Waals surface area (Å²) in [6, 6.07) is 0.156. The van der Waals surface area contributed by atoms with E-state index >= 15 is 0 Å². The fraction of sp³-hybridized carbons (Fsp3) is 0.692. The van der Waals surface area contributed by atoms with Crippen LogP contribution in [0.15, 0.2) is 5.38 Å². The first-order valence-corrected chi connectivity index (χ1v) is 7.57. The molecule has 106 valence electrons. The molecule has 2 atom stereocenters. The molecule has 2 unspecified atom stereocenters. The van der Waals surface area contributed by atoms with E-state index in [0.29, 0.717) is 19.6 Å². The second kappa shape index (κ2) is 6.45. The molecule has 2 rings (SSSR count). The monoisotopic (exact) mass is 283 g/mol. The van der Waals surface area contributed by atoms with Crippen molar-refractivity contribution >= 4 is 22.4 Å². The van der Waals surface area contributed by atoms with Crippen molar-refractivity contribution in [3.05, 3.63) is 11.1 Å². The van der Waals surface area contributed by atoms with Crippen molar-refractivity contribution in [2.75, 3.05) is 18.1 Å². The number of ether oxygens (including phenoxy) is 1. The third-order valence-electron chi connectivity index (χ3n) is 3.27. The number of anilines is 1. The smallest absolute Gasteiger partial charge is 0.231 e. The van der Waals surface area contributed by atoms with E-state index in [9.17, 15) is 4.79 Å². The molecule has 0 aromatic carbocycles. The Kier molecular flexibility index (Phi) is 4.90. The topological polar surface area (TPSA) is 68.5 Å². The molecule has 6 heteroatoms. The maximum Gasteiger partial charge on any atom is 0.231 e. The molecule has 0 saturated carbocycles. The Labute approximate surface area is 117 Å². The second-order valence-electron chi connectivity index (χ2n) is 4.89. The molecule has 0 spiro atoms. The summed E-state index contributed by atoms with van der Waals surface area (Å²) in [4.78, 5) is 18.4. The average Bonchev–Trinajstić information content (AvgIpc) is 2.76. The van der Waals surface area contributed by atoms with Crippen molar-refractivity contribution < 1.29 is 9.53 Å². The lowest BCUT2D eigenvalue weighted by Crippen LogP contribution is -2.39. The Balaban J connectivity index is 1.97. The second-order valence-corrected chi connectivity index (χ2v) is 5.73. The Morgan fingerprint density at radius 1 is 1.68 bits per heavy atom. The van der Waals surface area contributed by atoms with E-state index < -0.39 is 0 Å². The molecule has 1 amide bonds. The van der Waals surface area contributed by atoms with Crippen LogP contribution in [0.2, 0.25) is 0 Å². The maximum atomic E-state index is 12.3. The maximum absolute atomic E-state index is 12.3. The zero-order valence-electron chi connectivity index (χ0n) is 11.5. The zero-order chi connectivity index (χ0) is 13.8. The first kappa shape index (κ1) is 14.4. The van der Waals surface area contributed by atoms with Crippen LogP contribution in [0.25, 0.3) is 0 Å². The first-order valence-electron chi connectivity index (χ1n) is 6.69. The van der Waals surface area contributed by atoms with Crippen molar-refractivity contribution in [3.63, 3.8) is 0 Å². The van der Waals surface area contributed by atoms with Gasteiger partial charge in [-0.1, -0.05) is 0 Å². The molecule has 1 saturated heterocycles. The standard InChI is InChI=1S/C13H21N3O2S/c1-3-16(13-15-9(2)8-19-13)12(17)7-11-6-10(14)4-5-18-11/h8,10-11H,3-7,14H2,1-2H3. The van der Waals surface area contributed by atoms with Gasteiger partial charge in [0.05, 0.1) is 18.2 Å². The van der Waals surface area contributed by atoms with Gasteiger partial charge in [0.25, 0.3) is 0 Å². The molecule has 0 radical (unpaired) electrons. The third kappa shape index (κ3) is 3.75. The molecule has 2 heterocycles. The lowest BCUT2D eigenvalue weighted by atomic mass is 10.0. The summed E-state index contributed by atoms with van der Waals surface area (Å²) in [5.74, 6) is 0.0657. The lowest BCUT2D eigenvalue weighted by Gasteiger charge is -2.28. The quantitative estimate of drug-likeness (QED) is 0.913. The number of hydrogen-bond donors (Lipinski definition) is 1. The van der Waals surface area contributed by atoms with E-state index in [1.54, 1.807) is 4.90 Å². The number of amides is 1. The summed E-state index contributed by atoms with van der Waals surface area (Å²) in [6.45, 7) is 5.18. The van der Waals surface area contributed by atoms with Gasteiger partial charge in [-0.05, 0) is 26.7 Å². The molecular weight excluding hydrogens is 262 g/mol. The van der Waals surface area contributed by atoms with Gasteiger partial charge in [-0.3, -0.25) is 9.69 Å². The number of aromatic nitrogens is 1. The third-order valence-corrected chi connectivity index (χ3v) is 4.25. The van der Waals surface area contributed by atoms with E-state index in [1.165, 1.54) is 11.3 Å². The van der Waals surface area contributed by atoms with Crippen LogP contribution in [0, 0.1) is 6.92 Å². The summed E-state index contributed by atoms with van der Waals surface area (Å²) < 4.78 is 5.61. The summed E-state index contributed by atoms with van der Waals surface area (Å²) >= 11 is 1.50. The number of hydrogen-bond acceptors (Lipinski definition) is 5. The molecule has 1 aromatic heterocycles. The van der Waals surface area contributed by atoms with Gasteiger partial charge in [0.2, 0.25) is 5.91 Å². The van der Waals surface area contributed by atoms with Crippen LogP contribution in [0.1, 0.15) is 31.9 Å². The van der Waals surface area contributed by atoms with E-state index in [4.69, 9.17) is 10.5 Å². The highest BCUT2D eigenvalue weighted by atomic mass is 32.1. The minimum Gasteiger partial charge on any atom is -0.378 e. The van der Waals surface area contributed by atoms with Crippen LogP contribution in [0.4, 0.5) is 5.13 Å². The first-order chi connectivity index (χ1) is 9.10. The van der Waals surface area contributed by atoms with Crippen molar-refractivity contribution in [2.24, 2.45) is 5.73 Å². The Bertz CT molecular complexity index is 435. The fourth-order valence-corrected chi connectivity index (χ4v) is 3.12. The van der Waals surface area contributed by atoms with Crippen LogP contribution >= 0.6 is 11.3 Å². The number of nitrogens with two attached hydrogens (primary N) is 1. The SMILES string of the molecule is CCN(C(=O)CC1CC(N)CCO1)c1nc(C)cs1. The number of thiazole rings is 1. The van der Waals surface area contributed by atoms with Gasteiger partial charge >= 0.3 is 0 Å². The fourth-order valence-electron chi connectivity index (χ4n) is 2.24. The lowest BCUT2D eigenvalue weighted by molar-refractivity contribution is -0.122. The summed E-state index contributed by atoms with van der Waals surface area (Å²) in [7, 11) is 0. The molecule has 5 nitrogen and oxygen atoms in total. The summed E-state index contributed by atoms with van der Waals surface area (Å²) in [5, 5.41) is 2.73. The number of rotatable bonds is 4. The van der Waals surface area contributed by atoms with E-state index in [2.05, 4.69) is 4.98 Å². The highest BCUT2D eigenvalue weighted by molar-refractivity contribution is 7.14. The van der Waals surface area contributed by atoms with Crippen LogP contribution in [0.3, 0.4) is 0 Å². The van der Waals surface area contributed by atoms with Crippen molar-refractivity contribution in [1.29, 1.82) is 0 Å². The molecule has 19 heavy (non-hydrogen) atoms. The highest BCUT2D eigenvalue weighted by Crippen LogP contribution is 2.23. The Hall–Kier alpha value is -0.980. The number of nitrogens with zero attached hydrogens (tertiary/aromatic N) is 2. The van der Waals surface area contributed by atoms with Crippen LogP contribution in [-0.4, -0.2) is 36.2 Å². The van der Waals surface area contributed by atoms with Crippen LogP contribution in [0.5, 0.6) is 0 Å². The summed E-state index contributed by atoms with van der Waals surface area (Å²) in [6.07, 6.45) is 1.99.